The first-order chi connectivity index (χ1) is 12.3. The molecule has 0 fully saturated rings. The zero-order valence-electron chi connectivity index (χ0n) is 14.3. The van der Waals surface area contributed by atoms with Gasteiger partial charge in [0.05, 0.1) is 0 Å². The molecule has 0 aliphatic rings. The number of rotatable bonds is 8. The Morgan fingerprint density at radius 3 is 2.28 bits per heavy atom. The molecule has 25 heavy (non-hydrogen) atoms. The van der Waals surface area contributed by atoms with E-state index in [4.69, 9.17) is 4.74 Å². The fraction of sp³-hybridized carbons (Fsp3) is 0.200. The molecule has 0 aliphatic heterocycles. The normalized spacial score (nSPS) is 10.4. The van der Waals surface area contributed by atoms with E-state index in [0.29, 0.717) is 5.82 Å². The van der Waals surface area contributed by atoms with Crippen LogP contribution >= 0.6 is 0 Å². The fourth-order valence-electron chi connectivity index (χ4n) is 2.42. The highest BCUT2D eigenvalue weighted by molar-refractivity contribution is 5.65. The first-order valence-corrected chi connectivity index (χ1v) is 8.34. The molecule has 0 spiro atoms. The summed E-state index contributed by atoms with van der Waals surface area (Å²) in [6.07, 6.45) is 0.919. The van der Waals surface area contributed by atoms with Crippen molar-refractivity contribution in [2.45, 2.75) is 6.42 Å². The Balaban J connectivity index is 1.85. The summed E-state index contributed by atoms with van der Waals surface area (Å²) in [5.41, 5.74) is 1.98. The fourth-order valence-corrected chi connectivity index (χ4v) is 2.42. The highest BCUT2D eigenvalue weighted by Gasteiger charge is 2.07. The number of aromatic nitrogens is 2. The quantitative estimate of drug-likeness (QED) is 0.600. The third kappa shape index (κ3) is 5.02. The van der Waals surface area contributed by atoms with Gasteiger partial charge >= 0.3 is 0 Å². The topological polar surface area (TPSA) is 59.1 Å². The summed E-state index contributed by atoms with van der Waals surface area (Å²) in [6.45, 7) is 1.52. The number of anilines is 3. The van der Waals surface area contributed by atoms with Crippen LogP contribution in [0.4, 0.5) is 17.3 Å². The molecule has 3 aromatic rings. The van der Waals surface area contributed by atoms with E-state index in [-0.39, 0.29) is 0 Å². The van der Waals surface area contributed by atoms with Crippen LogP contribution in [-0.2, 0) is 4.74 Å². The average Bonchev–Trinajstić information content (AvgIpc) is 2.67. The Morgan fingerprint density at radius 1 is 0.880 bits per heavy atom. The Kier molecular flexibility index (Phi) is 5.96. The Hall–Kier alpha value is -2.92. The van der Waals surface area contributed by atoms with E-state index in [9.17, 15) is 0 Å². The van der Waals surface area contributed by atoms with Crippen molar-refractivity contribution < 1.29 is 4.74 Å². The van der Waals surface area contributed by atoms with E-state index < -0.39 is 0 Å². The number of hydrogen-bond donors (Lipinski definition) is 2. The SMILES string of the molecule is COCCCNc1cc(Nc2ccccc2)nc(-c2ccccc2)n1. The minimum Gasteiger partial charge on any atom is -0.385 e. The molecule has 128 valence electrons. The van der Waals surface area contributed by atoms with Gasteiger partial charge in [-0.3, -0.25) is 0 Å². The van der Waals surface area contributed by atoms with Gasteiger partial charge in [0.25, 0.3) is 0 Å². The molecule has 0 radical (unpaired) electrons. The van der Waals surface area contributed by atoms with Crippen molar-refractivity contribution in [2.24, 2.45) is 0 Å². The summed E-state index contributed by atoms with van der Waals surface area (Å²) in [5, 5.41) is 6.68. The molecule has 0 saturated heterocycles. The van der Waals surface area contributed by atoms with Crippen molar-refractivity contribution in [2.75, 3.05) is 30.9 Å². The number of nitrogens with zero attached hydrogens (tertiary/aromatic N) is 2. The predicted molar refractivity (Wildman–Crippen MR) is 102 cm³/mol. The molecule has 3 rings (SSSR count). The smallest absolute Gasteiger partial charge is 0.163 e. The number of para-hydroxylation sites is 1. The monoisotopic (exact) mass is 334 g/mol. The van der Waals surface area contributed by atoms with Gasteiger partial charge in [0, 0.05) is 37.6 Å². The third-order valence-electron chi connectivity index (χ3n) is 3.64. The molecular weight excluding hydrogens is 312 g/mol. The second-order valence-corrected chi connectivity index (χ2v) is 5.59. The molecule has 0 unspecified atom stereocenters. The van der Waals surface area contributed by atoms with Gasteiger partial charge in [-0.2, -0.15) is 0 Å². The van der Waals surface area contributed by atoms with Crippen molar-refractivity contribution in [1.29, 1.82) is 0 Å². The first-order valence-electron chi connectivity index (χ1n) is 8.34. The summed E-state index contributed by atoms with van der Waals surface area (Å²) in [7, 11) is 1.71. The van der Waals surface area contributed by atoms with Crippen LogP contribution in [0.2, 0.25) is 0 Å². The molecule has 0 amide bonds. The molecule has 0 aliphatic carbocycles. The maximum atomic E-state index is 5.09. The van der Waals surface area contributed by atoms with Gasteiger partial charge in [-0.05, 0) is 18.6 Å². The standard InChI is InChI=1S/C20H22N4O/c1-25-14-8-13-21-18-15-19(22-17-11-6-3-7-12-17)24-20(23-18)16-9-4-2-5-10-16/h2-7,9-12,15H,8,13-14H2,1H3,(H2,21,22,23,24). The molecule has 0 atom stereocenters. The Morgan fingerprint density at radius 2 is 1.56 bits per heavy atom. The number of benzene rings is 2. The molecule has 0 saturated carbocycles. The molecule has 0 bridgehead atoms. The molecule has 2 N–H and O–H groups in total. The second kappa shape index (κ2) is 8.80. The van der Waals surface area contributed by atoms with Crippen molar-refractivity contribution >= 4 is 17.3 Å². The zero-order valence-corrected chi connectivity index (χ0v) is 14.3. The van der Waals surface area contributed by atoms with Crippen LogP contribution in [0.1, 0.15) is 6.42 Å². The van der Waals surface area contributed by atoms with Crippen LogP contribution < -0.4 is 10.6 Å². The lowest BCUT2D eigenvalue weighted by molar-refractivity contribution is 0.198. The van der Waals surface area contributed by atoms with Crippen LogP contribution in [0.15, 0.2) is 66.7 Å². The maximum absolute atomic E-state index is 5.09. The molecular formula is C20H22N4O. The van der Waals surface area contributed by atoms with Gasteiger partial charge in [-0.15, -0.1) is 0 Å². The summed E-state index contributed by atoms with van der Waals surface area (Å²) in [5.74, 6) is 2.24. The van der Waals surface area contributed by atoms with Crippen LogP contribution in [0.3, 0.4) is 0 Å². The third-order valence-corrected chi connectivity index (χ3v) is 3.64. The summed E-state index contributed by atoms with van der Waals surface area (Å²) in [4.78, 5) is 9.30. The zero-order chi connectivity index (χ0) is 17.3. The van der Waals surface area contributed by atoms with E-state index >= 15 is 0 Å². The largest absolute Gasteiger partial charge is 0.385 e. The number of hydrogen-bond acceptors (Lipinski definition) is 5. The average molecular weight is 334 g/mol. The van der Waals surface area contributed by atoms with E-state index in [1.807, 2.05) is 66.7 Å². The molecule has 1 aromatic heterocycles. The lowest BCUT2D eigenvalue weighted by Gasteiger charge is -2.11. The van der Waals surface area contributed by atoms with Gasteiger partial charge in [-0.25, -0.2) is 9.97 Å². The van der Waals surface area contributed by atoms with E-state index in [2.05, 4.69) is 20.6 Å². The van der Waals surface area contributed by atoms with Crippen LogP contribution in [0, 0.1) is 0 Å². The van der Waals surface area contributed by atoms with Crippen LogP contribution in [0.5, 0.6) is 0 Å². The molecule has 2 aromatic carbocycles. The first kappa shape index (κ1) is 16.9. The lowest BCUT2D eigenvalue weighted by Crippen LogP contribution is -2.08. The maximum Gasteiger partial charge on any atom is 0.163 e. The van der Waals surface area contributed by atoms with Gasteiger partial charge in [0.1, 0.15) is 11.6 Å². The number of methoxy groups -OCH3 is 1. The summed E-state index contributed by atoms with van der Waals surface area (Å²) in [6, 6.07) is 21.9. The lowest BCUT2D eigenvalue weighted by atomic mass is 10.2. The highest BCUT2D eigenvalue weighted by atomic mass is 16.5. The predicted octanol–water partition coefficient (Wildman–Crippen LogP) is 4.34. The van der Waals surface area contributed by atoms with Crippen LogP contribution in [0.25, 0.3) is 11.4 Å². The van der Waals surface area contributed by atoms with Gasteiger partial charge in [0.2, 0.25) is 0 Å². The minimum absolute atomic E-state index is 0.691. The van der Waals surface area contributed by atoms with E-state index in [1.54, 1.807) is 7.11 Å². The number of ether oxygens (including phenoxy) is 1. The van der Waals surface area contributed by atoms with E-state index in [1.165, 1.54) is 0 Å². The van der Waals surface area contributed by atoms with Gasteiger partial charge in [0.15, 0.2) is 5.82 Å². The molecule has 5 heteroatoms. The van der Waals surface area contributed by atoms with Crippen molar-refractivity contribution in [1.82, 2.24) is 9.97 Å². The number of nitrogens with one attached hydrogen (secondary N) is 2. The van der Waals surface area contributed by atoms with E-state index in [0.717, 1.165) is 42.5 Å². The van der Waals surface area contributed by atoms with Crippen molar-refractivity contribution in [3.63, 3.8) is 0 Å². The Bertz CT molecular complexity index is 778. The second-order valence-electron chi connectivity index (χ2n) is 5.59. The summed E-state index contributed by atoms with van der Waals surface area (Å²) < 4.78 is 5.09. The molecule has 5 nitrogen and oxygen atoms in total. The minimum atomic E-state index is 0.691. The van der Waals surface area contributed by atoms with Crippen molar-refractivity contribution in [3.8, 4) is 11.4 Å². The Labute approximate surface area is 148 Å². The van der Waals surface area contributed by atoms with Gasteiger partial charge < -0.3 is 15.4 Å². The summed E-state index contributed by atoms with van der Waals surface area (Å²) >= 11 is 0. The van der Waals surface area contributed by atoms with Gasteiger partial charge in [-0.1, -0.05) is 48.5 Å². The van der Waals surface area contributed by atoms with Crippen molar-refractivity contribution in [3.05, 3.63) is 66.7 Å². The highest BCUT2D eigenvalue weighted by Crippen LogP contribution is 2.22. The molecule has 1 heterocycles. The van der Waals surface area contributed by atoms with Crippen LogP contribution in [-0.4, -0.2) is 30.2 Å².